The first kappa shape index (κ1) is 25.2. The minimum Gasteiger partial charge on any atom is -0.325 e. The predicted octanol–water partition coefficient (Wildman–Crippen LogP) is 5.39. The average Bonchev–Trinajstić information content (AvgIpc) is 2.79. The monoisotopic (exact) mass is 485 g/mol. The molecule has 3 rings (SSSR count). The Morgan fingerprint density at radius 1 is 1.03 bits per heavy atom. The summed E-state index contributed by atoms with van der Waals surface area (Å²) in [7, 11) is -3.53. The lowest BCUT2D eigenvalue weighted by Crippen LogP contribution is -2.30. The smallest absolute Gasteiger partial charge is 0.243 e. The second-order valence-corrected chi connectivity index (χ2v) is 11.0. The number of para-hydroxylation sites is 1. The molecule has 0 aliphatic carbocycles. The summed E-state index contributed by atoms with van der Waals surface area (Å²) in [5, 5.41) is 4.53. The second kappa shape index (κ2) is 10.7. The molecule has 0 fully saturated rings. The second-order valence-electron chi connectivity index (χ2n) is 7.87. The molecule has 1 aromatic heterocycles. The molecule has 8 heteroatoms. The number of thioether (sulfide) groups is 1. The predicted molar refractivity (Wildman–Crippen MR) is 136 cm³/mol. The van der Waals surface area contributed by atoms with Crippen molar-refractivity contribution in [1.82, 2.24) is 9.29 Å². The van der Waals surface area contributed by atoms with Crippen LogP contribution >= 0.6 is 11.8 Å². The Labute approximate surface area is 200 Å². The zero-order chi connectivity index (χ0) is 24.2. The number of carbonyl (C=O) groups is 1. The third-order valence-electron chi connectivity index (χ3n) is 5.62. The summed E-state index contributed by atoms with van der Waals surface area (Å²) in [6.07, 6.45) is 0.636. The van der Waals surface area contributed by atoms with E-state index in [4.69, 9.17) is 4.98 Å². The molecular formula is C25H31N3O3S2. The third-order valence-corrected chi connectivity index (χ3v) is 8.96. The highest BCUT2D eigenvalue weighted by atomic mass is 32.2. The summed E-state index contributed by atoms with van der Waals surface area (Å²) in [6, 6.07) is 14.5. The van der Waals surface area contributed by atoms with Gasteiger partial charge in [-0.1, -0.05) is 50.7 Å². The number of carbonyl (C=O) groups excluding carboxylic acids is 1. The number of amides is 1. The Morgan fingerprint density at radius 3 is 2.30 bits per heavy atom. The summed E-state index contributed by atoms with van der Waals surface area (Å²) >= 11 is 1.45. The van der Waals surface area contributed by atoms with Gasteiger partial charge in [0.1, 0.15) is 0 Å². The first-order valence-corrected chi connectivity index (χ1v) is 13.5. The van der Waals surface area contributed by atoms with Crippen molar-refractivity contribution in [2.24, 2.45) is 0 Å². The molecule has 176 valence electrons. The van der Waals surface area contributed by atoms with E-state index in [1.807, 2.05) is 45.9 Å². The van der Waals surface area contributed by atoms with Crippen LogP contribution < -0.4 is 5.32 Å². The fourth-order valence-corrected chi connectivity index (χ4v) is 6.18. The molecule has 0 aliphatic rings. The van der Waals surface area contributed by atoms with Gasteiger partial charge in [-0.15, -0.1) is 0 Å². The zero-order valence-electron chi connectivity index (χ0n) is 19.8. The largest absolute Gasteiger partial charge is 0.325 e. The fourth-order valence-electron chi connectivity index (χ4n) is 3.70. The molecule has 0 saturated carbocycles. The average molecular weight is 486 g/mol. The van der Waals surface area contributed by atoms with Crippen molar-refractivity contribution >= 4 is 44.3 Å². The van der Waals surface area contributed by atoms with Gasteiger partial charge in [-0.3, -0.25) is 4.79 Å². The number of hydrogen-bond acceptors (Lipinski definition) is 5. The lowest BCUT2D eigenvalue weighted by molar-refractivity contribution is -0.115. The van der Waals surface area contributed by atoms with E-state index in [-0.39, 0.29) is 16.1 Å². The molecule has 1 atom stereocenters. The van der Waals surface area contributed by atoms with Crippen LogP contribution in [0.15, 0.2) is 58.5 Å². The van der Waals surface area contributed by atoms with Crippen molar-refractivity contribution in [1.29, 1.82) is 0 Å². The summed E-state index contributed by atoms with van der Waals surface area (Å²) in [5.74, 6) is -0.133. The minimum atomic E-state index is -3.53. The van der Waals surface area contributed by atoms with Crippen LogP contribution in [0.3, 0.4) is 0 Å². The molecule has 1 unspecified atom stereocenters. The van der Waals surface area contributed by atoms with Crippen LogP contribution in [0.1, 0.15) is 38.3 Å². The van der Waals surface area contributed by atoms with Crippen molar-refractivity contribution < 1.29 is 13.2 Å². The molecule has 0 aliphatic heterocycles. The van der Waals surface area contributed by atoms with Gasteiger partial charge >= 0.3 is 0 Å². The van der Waals surface area contributed by atoms with E-state index < -0.39 is 10.0 Å². The highest BCUT2D eigenvalue weighted by Gasteiger charge is 2.22. The number of aryl methyl sites for hydroxylation is 2. The summed E-state index contributed by atoms with van der Waals surface area (Å²) in [4.78, 5) is 18.0. The lowest BCUT2D eigenvalue weighted by atomic mass is 10.1. The van der Waals surface area contributed by atoms with E-state index in [1.54, 1.807) is 12.1 Å². The molecule has 0 bridgehead atoms. The van der Waals surface area contributed by atoms with Crippen molar-refractivity contribution in [3.8, 4) is 0 Å². The number of nitrogens with one attached hydrogen (secondary N) is 1. The number of nitrogens with zero attached hydrogens (tertiary/aromatic N) is 2. The quantitative estimate of drug-likeness (QED) is 0.411. The number of sulfonamides is 1. The zero-order valence-corrected chi connectivity index (χ0v) is 21.4. The first-order valence-electron chi connectivity index (χ1n) is 11.2. The van der Waals surface area contributed by atoms with Crippen molar-refractivity contribution in [3.63, 3.8) is 0 Å². The number of rotatable bonds is 9. The standard InChI is InChI=1S/C25H31N3O3S2/c1-6-22(32-23-16-18(5)21-11-9-10-17(4)24(21)27-23)25(29)26-19-12-14-20(15-13-19)33(30,31)28(7-2)8-3/h9-16,22H,6-8H2,1-5H3,(H,26,29). The highest BCUT2D eigenvalue weighted by molar-refractivity contribution is 8.00. The SMILES string of the molecule is CCC(Sc1cc(C)c2cccc(C)c2n1)C(=O)Nc1ccc(S(=O)(=O)N(CC)CC)cc1. The van der Waals surface area contributed by atoms with Gasteiger partial charge in [0.2, 0.25) is 15.9 Å². The van der Waals surface area contributed by atoms with Crippen LogP contribution in [-0.2, 0) is 14.8 Å². The summed E-state index contributed by atoms with van der Waals surface area (Å²) < 4.78 is 26.7. The molecule has 0 radical (unpaired) electrons. The Hall–Kier alpha value is -2.42. The normalized spacial score (nSPS) is 12.8. The number of anilines is 1. The van der Waals surface area contributed by atoms with Gasteiger partial charge in [-0.2, -0.15) is 4.31 Å². The van der Waals surface area contributed by atoms with Crippen LogP contribution in [-0.4, -0.2) is 42.0 Å². The number of pyridine rings is 1. The molecule has 33 heavy (non-hydrogen) atoms. The van der Waals surface area contributed by atoms with Gasteiger partial charge < -0.3 is 5.32 Å². The summed E-state index contributed by atoms with van der Waals surface area (Å²) in [6.45, 7) is 10.5. The van der Waals surface area contributed by atoms with E-state index >= 15 is 0 Å². The van der Waals surface area contributed by atoms with Crippen molar-refractivity contribution in [3.05, 3.63) is 59.7 Å². The maximum atomic E-state index is 13.0. The van der Waals surface area contributed by atoms with Crippen LogP contribution in [0.2, 0.25) is 0 Å². The third kappa shape index (κ3) is 5.57. The van der Waals surface area contributed by atoms with Gasteiger partial charge in [-0.25, -0.2) is 13.4 Å². The van der Waals surface area contributed by atoms with Gasteiger partial charge in [-0.05, 0) is 61.7 Å². The molecule has 1 amide bonds. The number of benzene rings is 2. The Morgan fingerprint density at radius 2 is 1.70 bits per heavy atom. The van der Waals surface area contributed by atoms with E-state index in [0.29, 0.717) is 25.2 Å². The van der Waals surface area contributed by atoms with E-state index in [9.17, 15) is 13.2 Å². The maximum absolute atomic E-state index is 13.0. The molecule has 0 spiro atoms. The van der Waals surface area contributed by atoms with Crippen molar-refractivity contribution in [2.45, 2.75) is 56.2 Å². The van der Waals surface area contributed by atoms with Gasteiger partial charge in [0.15, 0.2) is 0 Å². The molecule has 1 N–H and O–H groups in total. The Kier molecular flexibility index (Phi) is 8.15. The molecule has 2 aromatic carbocycles. The fraction of sp³-hybridized carbons (Fsp3) is 0.360. The van der Waals surface area contributed by atoms with E-state index in [2.05, 4.69) is 18.3 Å². The molecule has 0 saturated heterocycles. The highest BCUT2D eigenvalue weighted by Crippen LogP contribution is 2.30. The lowest BCUT2D eigenvalue weighted by Gasteiger charge is -2.19. The van der Waals surface area contributed by atoms with Crippen LogP contribution in [0, 0.1) is 13.8 Å². The number of aromatic nitrogens is 1. The van der Waals surface area contributed by atoms with Gasteiger partial charge in [0.25, 0.3) is 0 Å². The topological polar surface area (TPSA) is 79.4 Å². The van der Waals surface area contributed by atoms with Gasteiger partial charge in [0, 0.05) is 24.2 Å². The maximum Gasteiger partial charge on any atom is 0.243 e. The molecule has 3 aromatic rings. The first-order chi connectivity index (χ1) is 15.7. The molecule has 6 nitrogen and oxygen atoms in total. The van der Waals surface area contributed by atoms with Gasteiger partial charge in [0.05, 0.1) is 20.7 Å². The summed E-state index contributed by atoms with van der Waals surface area (Å²) in [5.41, 5.74) is 3.76. The van der Waals surface area contributed by atoms with Crippen molar-refractivity contribution in [2.75, 3.05) is 18.4 Å². The Bertz CT molecular complexity index is 1240. The number of hydrogen-bond donors (Lipinski definition) is 1. The van der Waals surface area contributed by atoms with Crippen LogP contribution in [0.5, 0.6) is 0 Å². The van der Waals surface area contributed by atoms with Crippen LogP contribution in [0.4, 0.5) is 5.69 Å². The molecule has 1 heterocycles. The molecular weight excluding hydrogens is 454 g/mol. The van der Waals surface area contributed by atoms with Crippen LogP contribution in [0.25, 0.3) is 10.9 Å². The number of fused-ring (bicyclic) bond motifs is 1. The minimum absolute atomic E-state index is 0.133. The Balaban J connectivity index is 1.75. The van der Waals surface area contributed by atoms with E-state index in [1.165, 1.54) is 28.2 Å². The van der Waals surface area contributed by atoms with E-state index in [0.717, 1.165) is 27.1 Å².